The lowest BCUT2D eigenvalue weighted by molar-refractivity contribution is -0.273. The van der Waals surface area contributed by atoms with Gasteiger partial charge in [-0.2, -0.15) is 0 Å². The summed E-state index contributed by atoms with van der Waals surface area (Å²) in [5.41, 5.74) is 7.13. The summed E-state index contributed by atoms with van der Waals surface area (Å²) < 4.78 is 0. The third-order valence-electron chi connectivity index (χ3n) is 1.13. The van der Waals surface area contributed by atoms with E-state index in [1.807, 2.05) is 0 Å². The molecule has 0 spiro atoms. The Morgan fingerprint density at radius 1 is 1.10 bits per heavy atom. The molecule has 0 saturated carbocycles. The Bertz CT molecular complexity index is 108. The molecule has 0 aliphatic carbocycles. The number of rotatable bonds is 3. The van der Waals surface area contributed by atoms with Crippen LogP contribution in [0.15, 0.2) is 0 Å². The second-order valence-corrected chi connectivity index (χ2v) is 2.12. The van der Waals surface area contributed by atoms with Gasteiger partial charge in [-0.25, -0.2) is 0 Å². The Morgan fingerprint density at radius 2 is 1.50 bits per heavy atom. The van der Waals surface area contributed by atoms with E-state index in [0.717, 1.165) is 0 Å². The summed E-state index contributed by atoms with van der Waals surface area (Å²) >= 11 is 0. The van der Waals surface area contributed by atoms with E-state index < -0.39 is 24.7 Å². The highest BCUT2D eigenvalue weighted by Crippen LogP contribution is 2.11. The summed E-state index contributed by atoms with van der Waals surface area (Å²) in [4.78, 5) is 0. The molecule has 0 heterocycles. The van der Waals surface area contributed by atoms with Crippen molar-refractivity contribution in [2.75, 3.05) is 6.61 Å². The fraction of sp³-hybridized carbons (Fsp3) is 1.00. The maximum atomic E-state index is 8.84. The summed E-state index contributed by atoms with van der Waals surface area (Å²) in [6.45, 7) is -0.479. The van der Waals surface area contributed by atoms with Crippen molar-refractivity contribution >= 4 is 0 Å². The van der Waals surface area contributed by atoms with Gasteiger partial charge in [0.1, 0.15) is 0 Å². The largest absolute Gasteiger partial charge is 0.396 e. The van der Waals surface area contributed by atoms with Crippen LogP contribution in [0.5, 0.6) is 0 Å². The minimum absolute atomic E-state index is 0.406. The summed E-state index contributed by atoms with van der Waals surface area (Å²) in [5.74, 6) is -2.88. The van der Waals surface area contributed by atoms with Crippen molar-refractivity contribution in [1.29, 1.82) is 0 Å². The van der Waals surface area contributed by atoms with Crippen LogP contribution in [0, 0.1) is 0 Å². The molecule has 0 aliphatic rings. The maximum Gasteiger partial charge on any atom is 0.264 e. The molecule has 0 radical (unpaired) electrons. The highest BCUT2D eigenvalue weighted by Gasteiger charge is 2.41. The highest BCUT2D eigenvalue weighted by atomic mass is 16.5. The van der Waals surface area contributed by atoms with E-state index >= 15 is 0 Å². The van der Waals surface area contributed by atoms with Gasteiger partial charge in [-0.15, -0.1) is 0 Å². The van der Waals surface area contributed by atoms with E-state index in [1.165, 1.54) is 0 Å². The first-order valence-electron chi connectivity index (χ1n) is 2.67. The van der Waals surface area contributed by atoms with Crippen LogP contribution in [0.1, 0.15) is 6.42 Å². The zero-order chi connectivity index (χ0) is 8.41. The summed E-state index contributed by atoms with van der Waals surface area (Å²) in [6.07, 6.45) is -0.406. The number of aliphatic hydroxyl groups excluding tert-OH is 1. The molecule has 0 aromatic carbocycles. The van der Waals surface area contributed by atoms with Crippen molar-refractivity contribution in [3.05, 3.63) is 0 Å². The minimum atomic E-state index is -2.88. The molecule has 10 heavy (non-hydrogen) atoms. The molecule has 6 nitrogen and oxygen atoms in total. The molecule has 6 heteroatoms. The molecule has 1 unspecified atom stereocenters. The van der Waals surface area contributed by atoms with Crippen molar-refractivity contribution in [2.45, 2.75) is 18.1 Å². The van der Waals surface area contributed by atoms with Gasteiger partial charge in [-0.05, 0) is 0 Å². The van der Waals surface area contributed by atoms with Gasteiger partial charge in [0.2, 0.25) is 0 Å². The molecular weight excluding hydrogens is 140 g/mol. The molecule has 0 amide bonds. The van der Waals surface area contributed by atoms with Crippen LogP contribution in [-0.2, 0) is 0 Å². The predicted molar refractivity (Wildman–Crippen MR) is 32.2 cm³/mol. The molecule has 0 aromatic rings. The van der Waals surface area contributed by atoms with Gasteiger partial charge in [0.15, 0.2) is 5.72 Å². The third kappa shape index (κ3) is 2.18. The van der Waals surface area contributed by atoms with Gasteiger partial charge in [-0.3, -0.25) is 11.5 Å². The lowest BCUT2D eigenvalue weighted by Crippen LogP contribution is -2.66. The van der Waals surface area contributed by atoms with Crippen LogP contribution in [0.3, 0.4) is 0 Å². The normalized spacial score (nSPS) is 18.6. The zero-order valence-electron chi connectivity index (χ0n) is 5.36. The van der Waals surface area contributed by atoms with Gasteiger partial charge < -0.3 is 20.4 Å². The molecule has 0 aromatic heterocycles. The average molecular weight is 152 g/mol. The zero-order valence-corrected chi connectivity index (χ0v) is 5.36. The number of nitrogens with two attached hydrogens (primary N) is 2. The van der Waals surface area contributed by atoms with Crippen LogP contribution in [-0.4, -0.2) is 38.7 Å². The topological polar surface area (TPSA) is 133 Å². The Balaban J connectivity index is 4.10. The first kappa shape index (κ1) is 9.76. The van der Waals surface area contributed by atoms with Crippen molar-refractivity contribution < 1.29 is 20.4 Å². The first-order valence-corrected chi connectivity index (χ1v) is 2.67. The molecule has 1 atom stereocenters. The van der Waals surface area contributed by atoms with Crippen LogP contribution in [0.25, 0.3) is 0 Å². The van der Waals surface area contributed by atoms with E-state index in [2.05, 4.69) is 5.73 Å². The lowest BCUT2D eigenvalue weighted by Gasteiger charge is -2.31. The van der Waals surface area contributed by atoms with Crippen LogP contribution in [0.4, 0.5) is 0 Å². The standard InChI is InChI=1S/C4H12N2O4/c5-3(8,1-2-7)4(6,9)10/h7-10H,1-2,5-6H2. The fourth-order valence-electron chi connectivity index (χ4n) is 0.354. The Labute approximate surface area is 57.7 Å². The Hall–Kier alpha value is -0.240. The van der Waals surface area contributed by atoms with Crippen LogP contribution >= 0.6 is 0 Å². The van der Waals surface area contributed by atoms with E-state index in [9.17, 15) is 0 Å². The van der Waals surface area contributed by atoms with Crippen LogP contribution in [0.2, 0.25) is 0 Å². The van der Waals surface area contributed by atoms with E-state index in [-0.39, 0.29) is 0 Å². The van der Waals surface area contributed by atoms with Gasteiger partial charge in [0.05, 0.1) is 0 Å². The Morgan fingerprint density at radius 3 is 1.60 bits per heavy atom. The van der Waals surface area contributed by atoms with Crippen molar-refractivity contribution in [3.8, 4) is 0 Å². The lowest BCUT2D eigenvalue weighted by atomic mass is 10.1. The summed E-state index contributed by atoms with van der Waals surface area (Å²) in [5, 5.41) is 34.1. The Kier molecular flexibility index (Phi) is 2.72. The molecule has 0 fully saturated rings. The number of hydrogen-bond donors (Lipinski definition) is 6. The van der Waals surface area contributed by atoms with E-state index in [4.69, 9.17) is 26.2 Å². The molecule has 0 aliphatic heterocycles. The maximum absolute atomic E-state index is 8.84. The van der Waals surface area contributed by atoms with Gasteiger partial charge in [0, 0.05) is 13.0 Å². The van der Waals surface area contributed by atoms with E-state index in [0.29, 0.717) is 0 Å². The smallest absolute Gasteiger partial charge is 0.264 e. The van der Waals surface area contributed by atoms with Gasteiger partial charge in [-0.1, -0.05) is 0 Å². The molecule has 8 N–H and O–H groups in total. The summed E-state index contributed by atoms with van der Waals surface area (Å²) in [7, 11) is 0. The van der Waals surface area contributed by atoms with E-state index in [1.54, 1.807) is 0 Å². The van der Waals surface area contributed by atoms with Gasteiger partial charge >= 0.3 is 0 Å². The third-order valence-corrected chi connectivity index (χ3v) is 1.13. The molecular formula is C4H12N2O4. The quantitative estimate of drug-likeness (QED) is 0.234. The molecule has 62 valence electrons. The average Bonchev–Trinajstić information content (AvgIpc) is 1.61. The molecule has 0 saturated heterocycles. The SMILES string of the molecule is NC(O)(O)C(N)(O)CCO. The summed E-state index contributed by atoms with van der Waals surface area (Å²) in [6, 6.07) is 0. The second kappa shape index (κ2) is 2.79. The van der Waals surface area contributed by atoms with Crippen molar-refractivity contribution in [2.24, 2.45) is 11.5 Å². The molecule has 0 bridgehead atoms. The highest BCUT2D eigenvalue weighted by molar-refractivity contribution is 4.81. The minimum Gasteiger partial charge on any atom is -0.396 e. The molecule has 0 rings (SSSR count). The number of aliphatic hydroxyl groups is 4. The number of hydrogen-bond acceptors (Lipinski definition) is 6. The predicted octanol–water partition coefficient (Wildman–Crippen LogP) is -3.39. The monoisotopic (exact) mass is 152 g/mol. The second-order valence-electron chi connectivity index (χ2n) is 2.12. The fourth-order valence-corrected chi connectivity index (χ4v) is 0.354. The van der Waals surface area contributed by atoms with Crippen LogP contribution < -0.4 is 11.5 Å². The van der Waals surface area contributed by atoms with Gasteiger partial charge in [0.25, 0.3) is 5.91 Å². The first-order chi connectivity index (χ1) is 4.31. The van der Waals surface area contributed by atoms with Crippen molar-refractivity contribution in [1.82, 2.24) is 0 Å². The van der Waals surface area contributed by atoms with Crippen molar-refractivity contribution in [3.63, 3.8) is 0 Å².